The molecule has 0 saturated carbocycles. The summed E-state index contributed by atoms with van der Waals surface area (Å²) in [6.45, 7) is 0.779. The van der Waals surface area contributed by atoms with E-state index in [-0.39, 0.29) is 11.9 Å². The van der Waals surface area contributed by atoms with Crippen LogP contribution in [0.15, 0.2) is 17.3 Å². The molecule has 1 unspecified atom stereocenters. The number of rotatable bonds is 1. The number of hydrogen-bond acceptors (Lipinski definition) is 4. The summed E-state index contributed by atoms with van der Waals surface area (Å²) < 4.78 is 7.59. The molecule has 0 aromatic carbocycles. The van der Waals surface area contributed by atoms with Gasteiger partial charge in [0.05, 0.1) is 12.5 Å². The van der Waals surface area contributed by atoms with Gasteiger partial charge in [0.15, 0.2) is 5.65 Å². The molecule has 1 aliphatic rings. The minimum Gasteiger partial charge on any atom is -0.358 e. The molecule has 0 amide bonds. The zero-order valence-corrected chi connectivity index (χ0v) is 8.72. The van der Waals surface area contributed by atoms with Crippen molar-refractivity contribution >= 4 is 11.2 Å². The van der Waals surface area contributed by atoms with Crippen LogP contribution in [0.5, 0.6) is 0 Å². The number of aromatic nitrogens is 4. The highest BCUT2D eigenvalue weighted by molar-refractivity contribution is 5.69. The fourth-order valence-electron chi connectivity index (χ4n) is 2.02. The average molecular weight is 220 g/mol. The smallest absolute Gasteiger partial charge is 0.346 e. The van der Waals surface area contributed by atoms with Crippen LogP contribution < -0.4 is 5.69 Å². The van der Waals surface area contributed by atoms with E-state index in [1.54, 1.807) is 12.5 Å². The van der Waals surface area contributed by atoms with Crippen molar-refractivity contribution in [3.8, 4) is 0 Å². The highest BCUT2D eigenvalue weighted by Gasteiger charge is 2.17. The monoisotopic (exact) mass is 220 g/mol. The van der Waals surface area contributed by atoms with Gasteiger partial charge < -0.3 is 9.30 Å². The Morgan fingerprint density at radius 3 is 3.19 bits per heavy atom. The van der Waals surface area contributed by atoms with E-state index < -0.39 is 0 Å². The maximum atomic E-state index is 11.0. The van der Waals surface area contributed by atoms with E-state index in [0.29, 0.717) is 5.65 Å². The number of imidazole rings is 1. The molecule has 2 aromatic heterocycles. The maximum absolute atomic E-state index is 11.0. The lowest BCUT2D eigenvalue weighted by Crippen LogP contribution is -2.18. The zero-order chi connectivity index (χ0) is 11.0. The van der Waals surface area contributed by atoms with Crippen LogP contribution in [-0.2, 0) is 4.74 Å². The standard InChI is InChI=1S/C10H12N4O2/c15-10-11-5-7-9(13-10)12-6-14(7)8-3-1-2-4-16-8/h5-6,8H,1-4H2,(H,11,13,15). The normalized spacial score (nSPS) is 21.4. The molecule has 0 spiro atoms. The van der Waals surface area contributed by atoms with Crippen molar-refractivity contribution in [2.24, 2.45) is 0 Å². The third-order valence-corrected chi connectivity index (χ3v) is 2.83. The lowest BCUT2D eigenvalue weighted by molar-refractivity contribution is -0.0295. The van der Waals surface area contributed by atoms with Crippen LogP contribution >= 0.6 is 0 Å². The Balaban J connectivity index is 2.06. The molecule has 6 heteroatoms. The van der Waals surface area contributed by atoms with E-state index in [1.165, 1.54) is 0 Å². The van der Waals surface area contributed by atoms with E-state index in [2.05, 4.69) is 15.0 Å². The van der Waals surface area contributed by atoms with Gasteiger partial charge in [0.25, 0.3) is 0 Å². The van der Waals surface area contributed by atoms with Gasteiger partial charge in [-0.2, -0.15) is 4.98 Å². The quantitative estimate of drug-likeness (QED) is 0.772. The van der Waals surface area contributed by atoms with Crippen molar-refractivity contribution < 1.29 is 4.74 Å². The first-order chi connectivity index (χ1) is 7.84. The first-order valence-corrected chi connectivity index (χ1v) is 5.38. The molecule has 3 heterocycles. The highest BCUT2D eigenvalue weighted by atomic mass is 16.5. The molecule has 1 atom stereocenters. The van der Waals surface area contributed by atoms with Crippen molar-refractivity contribution in [2.45, 2.75) is 25.5 Å². The van der Waals surface area contributed by atoms with Gasteiger partial charge in [0, 0.05) is 6.61 Å². The topological polar surface area (TPSA) is 72.8 Å². The predicted octanol–water partition coefficient (Wildman–Crippen LogP) is 0.819. The Hall–Kier alpha value is -1.69. The van der Waals surface area contributed by atoms with E-state index in [0.717, 1.165) is 31.4 Å². The number of nitrogens with one attached hydrogen (secondary N) is 1. The highest BCUT2D eigenvalue weighted by Crippen LogP contribution is 2.24. The third-order valence-electron chi connectivity index (χ3n) is 2.83. The van der Waals surface area contributed by atoms with Crippen LogP contribution in [0.4, 0.5) is 0 Å². The first-order valence-electron chi connectivity index (χ1n) is 5.38. The van der Waals surface area contributed by atoms with Gasteiger partial charge in [-0.1, -0.05) is 0 Å². The average Bonchev–Trinajstić information content (AvgIpc) is 2.73. The van der Waals surface area contributed by atoms with E-state index in [9.17, 15) is 4.79 Å². The van der Waals surface area contributed by atoms with Crippen LogP contribution in [0, 0.1) is 0 Å². The second-order valence-corrected chi connectivity index (χ2v) is 3.90. The Labute approximate surface area is 91.3 Å². The molecule has 1 aliphatic heterocycles. The Morgan fingerprint density at radius 2 is 2.38 bits per heavy atom. The number of fused-ring (bicyclic) bond motifs is 1. The van der Waals surface area contributed by atoms with Crippen molar-refractivity contribution in [1.29, 1.82) is 0 Å². The molecule has 1 fully saturated rings. The fraction of sp³-hybridized carbons (Fsp3) is 0.500. The molecule has 0 aliphatic carbocycles. The molecule has 1 saturated heterocycles. The van der Waals surface area contributed by atoms with Crippen molar-refractivity contribution in [3.05, 3.63) is 23.0 Å². The summed E-state index contributed by atoms with van der Waals surface area (Å²) in [5.41, 5.74) is 1.00. The summed E-state index contributed by atoms with van der Waals surface area (Å²) in [5, 5.41) is 0. The number of nitrogens with zero attached hydrogens (tertiary/aromatic N) is 3. The van der Waals surface area contributed by atoms with Gasteiger partial charge in [-0.05, 0) is 19.3 Å². The van der Waals surface area contributed by atoms with Crippen LogP contribution in [0.25, 0.3) is 11.2 Å². The number of H-pyrrole nitrogens is 1. The number of aromatic amines is 1. The van der Waals surface area contributed by atoms with Crippen molar-refractivity contribution in [1.82, 2.24) is 19.5 Å². The molecule has 0 radical (unpaired) electrons. The van der Waals surface area contributed by atoms with Gasteiger partial charge in [0.1, 0.15) is 11.7 Å². The van der Waals surface area contributed by atoms with Crippen LogP contribution in [0.3, 0.4) is 0 Å². The maximum Gasteiger partial charge on any atom is 0.346 e. The van der Waals surface area contributed by atoms with E-state index in [1.807, 2.05) is 4.57 Å². The number of hydrogen-bond donors (Lipinski definition) is 1. The van der Waals surface area contributed by atoms with Gasteiger partial charge in [-0.25, -0.2) is 9.78 Å². The first kappa shape index (κ1) is 9.53. The number of ether oxygens (including phenoxy) is 1. The van der Waals surface area contributed by atoms with E-state index in [4.69, 9.17) is 4.74 Å². The molecule has 1 N–H and O–H groups in total. The zero-order valence-electron chi connectivity index (χ0n) is 8.72. The Kier molecular flexibility index (Phi) is 2.21. The Morgan fingerprint density at radius 1 is 1.44 bits per heavy atom. The molecule has 0 bridgehead atoms. The summed E-state index contributed by atoms with van der Waals surface area (Å²) in [6, 6.07) is 0. The summed E-state index contributed by atoms with van der Waals surface area (Å²) in [5.74, 6) is 0. The fourth-order valence-corrected chi connectivity index (χ4v) is 2.02. The van der Waals surface area contributed by atoms with Crippen LogP contribution in [-0.4, -0.2) is 26.1 Å². The predicted molar refractivity (Wildman–Crippen MR) is 57.0 cm³/mol. The van der Waals surface area contributed by atoms with Gasteiger partial charge in [-0.15, -0.1) is 0 Å². The van der Waals surface area contributed by atoms with Crippen molar-refractivity contribution in [3.63, 3.8) is 0 Å². The lowest BCUT2D eigenvalue weighted by atomic mass is 10.2. The molecule has 16 heavy (non-hydrogen) atoms. The second kappa shape index (κ2) is 3.71. The molecule has 3 rings (SSSR count). The molecule has 84 valence electrons. The third kappa shape index (κ3) is 1.51. The largest absolute Gasteiger partial charge is 0.358 e. The molecular formula is C10H12N4O2. The molecular weight excluding hydrogens is 208 g/mol. The van der Waals surface area contributed by atoms with Gasteiger partial charge in [-0.3, -0.25) is 4.98 Å². The summed E-state index contributed by atoms with van der Waals surface area (Å²) in [4.78, 5) is 21.5. The van der Waals surface area contributed by atoms with Gasteiger partial charge >= 0.3 is 5.69 Å². The summed E-state index contributed by atoms with van der Waals surface area (Å²) >= 11 is 0. The second-order valence-electron chi connectivity index (χ2n) is 3.90. The molecule has 2 aromatic rings. The Bertz CT molecular complexity index is 553. The van der Waals surface area contributed by atoms with Crippen LogP contribution in [0.1, 0.15) is 25.5 Å². The van der Waals surface area contributed by atoms with Gasteiger partial charge in [0.2, 0.25) is 0 Å². The summed E-state index contributed by atoms with van der Waals surface area (Å²) in [7, 11) is 0. The summed E-state index contributed by atoms with van der Waals surface area (Å²) in [6.07, 6.45) is 6.49. The molecule has 6 nitrogen and oxygen atoms in total. The van der Waals surface area contributed by atoms with E-state index >= 15 is 0 Å². The minimum atomic E-state index is -0.373. The lowest BCUT2D eigenvalue weighted by Gasteiger charge is -2.23. The minimum absolute atomic E-state index is 0.0199. The van der Waals surface area contributed by atoms with Crippen LogP contribution in [0.2, 0.25) is 0 Å². The SMILES string of the molecule is O=c1ncc2c(ncn2C2CCCCO2)[nH]1. The van der Waals surface area contributed by atoms with Crippen molar-refractivity contribution in [2.75, 3.05) is 6.61 Å².